The van der Waals surface area contributed by atoms with Crippen LogP contribution in [0.4, 0.5) is 13.2 Å². The normalized spacial score (nSPS) is 20.3. The third-order valence-corrected chi connectivity index (χ3v) is 7.11. The molecule has 2 saturated heterocycles. The first kappa shape index (κ1) is 23.0. The van der Waals surface area contributed by atoms with E-state index >= 15 is 0 Å². The number of benzene rings is 2. The van der Waals surface area contributed by atoms with E-state index in [0.717, 1.165) is 61.7 Å². The predicted octanol–water partition coefficient (Wildman–Crippen LogP) is 6.00. The Morgan fingerprint density at radius 3 is 1.75 bits per heavy atom. The van der Waals surface area contributed by atoms with Crippen LogP contribution in [0.5, 0.6) is 0 Å². The Hall–Kier alpha value is -3.43. The van der Waals surface area contributed by atoms with E-state index in [1.54, 1.807) is 36.7 Å². The van der Waals surface area contributed by atoms with Crippen molar-refractivity contribution < 1.29 is 13.2 Å². The number of hydrogen-bond acceptors (Lipinski definition) is 4. The van der Waals surface area contributed by atoms with Crippen LogP contribution in [0.15, 0.2) is 54.9 Å². The average molecular weight is 493 g/mol. The minimum absolute atomic E-state index is 0.124. The molecule has 0 unspecified atom stereocenters. The number of aromatic amines is 2. The van der Waals surface area contributed by atoms with E-state index in [-0.39, 0.29) is 17.6 Å². The molecule has 0 amide bonds. The van der Waals surface area contributed by atoms with E-state index in [2.05, 4.69) is 30.6 Å². The molecule has 0 bridgehead atoms. The van der Waals surface area contributed by atoms with Crippen molar-refractivity contribution in [2.24, 2.45) is 0 Å². The summed E-state index contributed by atoms with van der Waals surface area (Å²) in [5, 5.41) is 6.76. The summed E-state index contributed by atoms with van der Waals surface area (Å²) in [6.45, 7) is 1.90. The Labute approximate surface area is 206 Å². The van der Waals surface area contributed by atoms with Crippen molar-refractivity contribution in [3.05, 3.63) is 72.1 Å². The van der Waals surface area contributed by atoms with Gasteiger partial charge < -0.3 is 20.6 Å². The first-order chi connectivity index (χ1) is 17.5. The maximum Gasteiger partial charge on any atom is 0.417 e. The Morgan fingerprint density at radius 1 is 0.694 bits per heavy atom. The summed E-state index contributed by atoms with van der Waals surface area (Å²) in [6.07, 6.45) is 3.08. The molecule has 0 radical (unpaired) electrons. The molecule has 6 nitrogen and oxygen atoms in total. The molecule has 2 atom stereocenters. The monoisotopic (exact) mass is 492 g/mol. The molecule has 0 saturated carbocycles. The van der Waals surface area contributed by atoms with Gasteiger partial charge in [-0.2, -0.15) is 13.2 Å². The maximum absolute atomic E-state index is 14.1. The van der Waals surface area contributed by atoms with Gasteiger partial charge in [-0.1, -0.05) is 36.4 Å². The fraction of sp³-hybridized carbons (Fsp3) is 0.333. The van der Waals surface area contributed by atoms with Gasteiger partial charge in [-0.3, -0.25) is 0 Å². The second kappa shape index (κ2) is 9.22. The van der Waals surface area contributed by atoms with Gasteiger partial charge in [-0.15, -0.1) is 0 Å². The topological polar surface area (TPSA) is 81.4 Å². The molecule has 2 aromatic heterocycles. The number of H-pyrrole nitrogens is 2. The average Bonchev–Trinajstić information content (AvgIpc) is 3.70. The van der Waals surface area contributed by atoms with Crippen molar-refractivity contribution in [2.45, 2.75) is 43.9 Å². The molecule has 4 heterocycles. The van der Waals surface area contributed by atoms with Crippen LogP contribution in [-0.4, -0.2) is 33.0 Å². The minimum Gasteiger partial charge on any atom is -0.341 e. The smallest absolute Gasteiger partial charge is 0.341 e. The summed E-state index contributed by atoms with van der Waals surface area (Å²) in [5.41, 5.74) is 2.77. The van der Waals surface area contributed by atoms with Crippen LogP contribution in [0.25, 0.3) is 33.6 Å². The van der Waals surface area contributed by atoms with Crippen LogP contribution in [0, 0.1) is 0 Å². The quantitative estimate of drug-likeness (QED) is 0.275. The Morgan fingerprint density at radius 2 is 1.22 bits per heavy atom. The van der Waals surface area contributed by atoms with Crippen LogP contribution in [0.2, 0.25) is 0 Å². The molecule has 2 fully saturated rings. The third-order valence-electron chi connectivity index (χ3n) is 7.11. The summed E-state index contributed by atoms with van der Waals surface area (Å²) < 4.78 is 42.4. The summed E-state index contributed by atoms with van der Waals surface area (Å²) in [6, 6.07) is 11.9. The van der Waals surface area contributed by atoms with Crippen LogP contribution < -0.4 is 10.6 Å². The fourth-order valence-electron chi connectivity index (χ4n) is 5.18. The number of hydrogen-bond donors (Lipinski definition) is 4. The molecule has 2 aliphatic heterocycles. The van der Waals surface area contributed by atoms with E-state index in [9.17, 15) is 13.2 Å². The molecule has 2 aliphatic rings. The summed E-state index contributed by atoms with van der Waals surface area (Å²) >= 11 is 0. The zero-order valence-electron chi connectivity index (χ0n) is 19.6. The molecule has 0 aliphatic carbocycles. The van der Waals surface area contributed by atoms with Crippen molar-refractivity contribution in [3.63, 3.8) is 0 Å². The van der Waals surface area contributed by atoms with Gasteiger partial charge in [-0.25, -0.2) is 9.97 Å². The van der Waals surface area contributed by atoms with Gasteiger partial charge in [-0.05, 0) is 61.5 Å². The highest BCUT2D eigenvalue weighted by molar-refractivity contribution is 5.75. The lowest BCUT2D eigenvalue weighted by molar-refractivity contribution is -0.137. The zero-order valence-corrected chi connectivity index (χ0v) is 19.6. The van der Waals surface area contributed by atoms with Crippen molar-refractivity contribution in [1.29, 1.82) is 0 Å². The predicted molar refractivity (Wildman–Crippen MR) is 132 cm³/mol. The molecule has 0 spiro atoms. The standard InChI is InChI=1S/C27H27F3N6/c28-27(29,30)20-13-18(24-15-34-26(36-24)22-4-2-12-32-22)9-10-19(20)16-5-7-17(8-6-16)23-14-33-25(35-23)21-3-1-11-31-21/h5-10,13-15,21-22,31-32H,1-4,11-12H2,(H,33,35)(H,34,36)/t21-,22-/m0/s1. The lowest BCUT2D eigenvalue weighted by Crippen LogP contribution is -2.14. The number of halogens is 3. The highest BCUT2D eigenvalue weighted by Gasteiger charge is 2.34. The van der Waals surface area contributed by atoms with E-state index < -0.39 is 11.7 Å². The van der Waals surface area contributed by atoms with Gasteiger partial charge in [0.2, 0.25) is 0 Å². The molecule has 6 rings (SSSR count). The van der Waals surface area contributed by atoms with Crippen LogP contribution in [-0.2, 0) is 6.18 Å². The molecule has 2 aromatic carbocycles. The first-order valence-corrected chi connectivity index (χ1v) is 12.3. The summed E-state index contributed by atoms with van der Waals surface area (Å²) in [7, 11) is 0. The molecule has 9 heteroatoms. The number of imidazole rings is 2. The van der Waals surface area contributed by atoms with Gasteiger partial charge in [0, 0.05) is 5.56 Å². The Balaban J connectivity index is 1.28. The van der Waals surface area contributed by atoms with E-state index in [0.29, 0.717) is 16.8 Å². The van der Waals surface area contributed by atoms with Crippen LogP contribution >= 0.6 is 0 Å². The second-order valence-corrected chi connectivity index (χ2v) is 9.50. The number of nitrogens with one attached hydrogen (secondary N) is 4. The second-order valence-electron chi connectivity index (χ2n) is 9.50. The van der Waals surface area contributed by atoms with Crippen molar-refractivity contribution in [3.8, 4) is 33.6 Å². The fourth-order valence-corrected chi connectivity index (χ4v) is 5.18. The number of rotatable bonds is 5. The van der Waals surface area contributed by atoms with Crippen molar-refractivity contribution in [2.75, 3.05) is 13.1 Å². The third kappa shape index (κ3) is 4.44. The number of nitrogens with zero attached hydrogens (tertiary/aromatic N) is 2. The lowest BCUT2D eigenvalue weighted by Gasteiger charge is -2.15. The van der Waals surface area contributed by atoms with E-state index in [1.807, 2.05) is 12.1 Å². The minimum atomic E-state index is -4.49. The molecular formula is C27H27F3N6. The molecule has 36 heavy (non-hydrogen) atoms. The van der Waals surface area contributed by atoms with E-state index in [4.69, 9.17) is 0 Å². The Kier molecular flexibility index (Phi) is 5.89. The SMILES string of the molecule is FC(F)(F)c1cc(-c2cnc([C@@H]3CCCN3)[nH]2)ccc1-c1ccc(-c2cnc([C@@H]3CCCN3)[nH]2)cc1. The van der Waals surface area contributed by atoms with Crippen molar-refractivity contribution in [1.82, 2.24) is 30.6 Å². The molecule has 4 N–H and O–H groups in total. The van der Waals surface area contributed by atoms with Gasteiger partial charge in [0.1, 0.15) is 11.6 Å². The summed E-state index contributed by atoms with van der Waals surface area (Å²) in [4.78, 5) is 15.4. The van der Waals surface area contributed by atoms with Crippen LogP contribution in [0.3, 0.4) is 0 Å². The first-order valence-electron chi connectivity index (χ1n) is 12.3. The largest absolute Gasteiger partial charge is 0.417 e. The maximum atomic E-state index is 14.1. The lowest BCUT2D eigenvalue weighted by atomic mass is 9.95. The highest BCUT2D eigenvalue weighted by Crippen LogP contribution is 2.40. The summed E-state index contributed by atoms with van der Waals surface area (Å²) in [5.74, 6) is 1.66. The van der Waals surface area contributed by atoms with Gasteiger partial charge in [0.15, 0.2) is 0 Å². The van der Waals surface area contributed by atoms with Gasteiger partial charge in [0.05, 0.1) is 41.4 Å². The zero-order chi connectivity index (χ0) is 24.7. The van der Waals surface area contributed by atoms with Crippen molar-refractivity contribution >= 4 is 0 Å². The van der Waals surface area contributed by atoms with E-state index in [1.165, 1.54) is 6.07 Å². The highest BCUT2D eigenvalue weighted by atomic mass is 19.4. The molecular weight excluding hydrogens is 465 g/mol. The molecule has 186 valence electrons. The van der Waals surface area contributed by atoms with Gasteiger partial charge in [0.25, 0.3) is 0 Å². The number of alkyl halides is 3. The molecule has 4 aromatic rings. The van der Waals surface area contributed by atoms with Gasteiger partial charge >= 0.3 is 6.18 Å². The Bertz CT molecular complexity index is 1340. The number of aromatic nitrogens is 4. The van der Waals surface area contributed by atoms with Crippen LogP contribution in [0.1, 0.15) is 55.0 Å².